The number of nitriles is 1. The summed E-state index contributed by atoms with van der Waals surface area (Å²) in [6.07, 6.45) is 1.96. The fraction of sp³-hybridized carbons (Fsp3) is 0.364. The van der Waals surface area contributed by atoms with Crippen molar-refractivity contribution >= 4 is 11.8 Å². The van der Waals surface area contributed by atoms with Crippen LogP contribution < -0.4 is 4.74 Å². The number of para-hydroxylation sites is 1. The molecule has 1 aromatic carbocycles. The van der Waals surface area contributed by atoms with Gasteiger partial charge in [0.1, 0.15) is 12.7 Å². The van der Waals surface area contributed by atoms with Crippen molar-refractivity contribution in [3.63, 3.8) is 0 Å². The predicted octanol–water partition coefficient (Wildman–Crippen LogP) is 2.31. The average molecular weight is 223 g/mol. The zero-order valence-corrected chi connectivity index (χ0v) is 9.63. The zero-order chi connectivity index (χ0) is 11.1. The van der Waals surface area contributed by atoms with Crippen molar-refractivity contribution < 1.29 is 9.47 Å². The van der Waals surface area contributed by atoms with E-state index < -0.39 is 0 Å². The predicted molar refractivity (Wildman–Crippen MR) is 60.3 cm³/mol. The first-order valence-corrected chi connectivity index (χ1v) is 5.74. The van der Waals surface area contributed by atoms with E-state index in [2.05, 4.69) is 6.07 Å². The summed E-state index contributed by atoms with van der Waals surface area (Å²) in [4.78, 5) is 0.977. The molecular weight excluding hydrogens is 210 g/mol. The van der Waals surface area contributed by atoms with Crippen LogP contribution in [0.2, 0.25) is 0 Å². The monoisotopic (exact) mass is 223 g/mol. The molecule has 0 aliphatic carbocycles. The van der Waals surface area contributed by atoms with Gasteiger partial charge in [-0.15, -0.1) is 11.8 Å². The zero-order valence-electron chi connectivity index (χ0n) is 8.82. The molecule has 4 heteroatoms. The second kappa shape index (κ2) is 6.33. The average Bonchev–Trinajstić information content (AvgIpc) is 2.29. The normalized spacial score (nSPS) is 9.67. The number of hydrogen-bond donors (Lipinski definition) is 0. The van der Waals surface area contributed by atoms with Gasteiger partial charge < -0.3 is 9.47 Å². The molecule has 15 heavy (non-hydrogen) atoms. The Morgan fingerprint density at radius 1 is 1.40 bits per heavy atom. The molecule has 0 atom stereocenters. The summed E-state index contributed by atoms with van der Waals surface area (Å²) in [7, 11) is 1.62. The lowest BCUT2D eigenvalue weighted by Crippen LogP contribution is -2.06. The van der Waals surface area contributed by atoms with Gasteiger partial charge >= 0.3 is 0 Å². The molecule has 0 radical (unpaired) electrons. The van der Waals surface area contributed by atoms with Crippen molar-refractivity contribution in [2.75, 3.05) is 26.6 Å². The molecule has 0 heterocycles. The van der Waals surface area contributed by atoms with E-state index in [0.29, 0.717) is 24.5 Å². The van der Waals surface area contributed by atoms with E-state index in [1.807, 2.05) is 18.4 Å². The van der Waals surface area contributed by atoms with Crippen LogP contribution in [0.15, 0.2) is 23.1 Å². The van der Waals surface area contributed by atoms with Crippen LogP contribution in [0.4, 0.5) is 0 Å². The fourth-order valence-corrected chi connectivity index (χ4v) is 1.71. The van der Waals surface area contributed by atoms with Gasteiger partial charge in [0.15, 0.2) is 5.75 Å². The minimum absolute atomic E-state index is 0.461. The van der Waals surface area contributed by atoms with Crippen LogP contribution in [0.5, 0.6) is 5.75 Å². The van der Waals surface area contributed by atoms with E-state index >= 15 is 0 Å². The molecule has 0 fully saturated rings. The van der Waals surface area contributed by atoms with Crippen molar-refractivity contribution in [1.29, 1.82) is 5.26 Å². The topological polar surface area (TPSA) is 42.2 Å². The molecule has 0 aliphatic rings. The lowest BCUT2D eigenvalue weighted by Gasteiger charge is -2.10. The van der Waals surface area contributed by atoms with Gasteiger partial charge in [-0.25, -0.2) is 0 Å². The van der Waals surface area contributed by atoms with Gasteiger partial charge in [0.05, 0.1) is 17.1 Å². The lowest BCUT2D eigenvalue weighted by molar-refractivity contribution is 0.144. The Balaban J connectivity index is 2.86. The molecule has 1 aromatic rings. The molecule has 0 bridgehead atoms. The summed E-state index contributed by atoms with van der Waals surface area (Å²) in [5.74, 6) is 0.657. The molecule has 1 rings (SSSR count). The smallest absolute Gasteiger partial charge is 0.150 e. The van der Waals surface area contributed by atoms with Gasteiger partial charge in [-0.3, -0.25) is 0 Å². The Bertz CT molecular complexity index is 360. The number of ether oxygens (including phenoxy) is 2. The van der Waals surface area contributed by atoms with E-state index in [0.717, 1.165) is 4.90 Å². The van der Waals surface area contributed by atoms with Gasteiger partial charge in [-0.2, -0.15) is 5.26 Å². The highest BCUT2D eigenvalue weighted by molar-refractivity contribution is 7.98. The van der Waals surface area contributed by atoms with Gasteiger partial charge in [-0.05, 0) is 18.4 Å². The van der Waals surface area contributed by atoms with Gasteiger partial charge in [0.2, 0.25) is 0 Å². The van der Waals surface area contributed by atoms with Gasteiger partial charge in [-0.1, -0.05) is 6.07 Å². The van der Waals surface area contributed by atoms with Crippen LogP contribution in [0.1, 0.15) is 5.56 Å². The third kappa shape index (κ3) is 3.15. The lowest BCUT2D eigenvalue weighted by atomic mass is 10.2. The summed E-state index contributed by atoms with van der Waals surface area (Å²) in [6, 6.07) is 7.66. The van der Waals surface area contributed by atoms with Crippen LogP contribution in [-0.4, -0.2) is 26.6 Å². The molecule has 0 unspecified atom stereocenters. The summed E-state index contributed by atoms with van der Waals surface area (Å²) >= 11 is 1.57. The van der Waals surface area contributed by atoms with E-state index in [1.165, 1.54) is 0 Å². The number of thioether (sulfide) groups is 1. The minimum Gasteiger partial charge on any atom is -0.489 e. The third-order valence-corrected chi connectivity index (χ3v) is 2.61. The van der Waals surface area contributed by atoms with Gasteiger partial charge in [0, 0.05) is 7.11 Å². The molecule has 0 N–H and O–H groups in total. The standard InChI is InChI=1S/C11H13NO2S/c1-13-6-7-14-11-9(8-12)4-3-5-10(11)15-2/h3-5H,6-7H2,1-2H3. The number of hydrogen-bond acceptors (Lipinski definition) is 4. The molecule has 0 saturated heterocycles. The van der Waals surface area contributed by atoms with Gasteiger partial charge in [0.25, 0.3) is 0 Å². The summed E-state index contributed by atoms with van der Waals surface area (Å²) in [5, 5.41) is 8.92. The SMILES string of the molecule is COCCOc1c(C#N)cccc1SC. The van der Waals surface area contributed by atoms with Crippen LogP contribution >= 0.6 is 11.8 Å². The third-order valence-electron chi connectivity index (χ3n) is 1.85. The molecule has 80 valence electrons. The molecule has 0 aromatic heterocycles. The Morgan fingerprint density at radius 3 is 2.80 bits per heavy atom. The van der Waals surface area contributed by atoms with Crippen LogP contribution in [-0.2, 0) is 4.74 Å². The Labute approximate surface area is 94.0 Å². The van der Waals surface area contributed by atoms with Crippen LogP contribution in [0.3, 0.4) is 0 Å². The second-order valence-electron chi connectivity index (χ2n) is 2.79. The highest BCUT2D eigenvalue weighted by Gasteiger charge is 2.08. The Kier molecular flexibility index (Phi) is 5.02. The van der Waals surface area contributed by atoms with Crippen molar-refractivity contribution in [2.45, 2.75) is 4.90 Å². The van der Waals surface area contributed by atoms with Crippen molar-refractivity contribution in [2.24, 2.45) is 0 Å². The maximum absolute atomic E-state index is 8.92. The van der Waals surface area contributed by atoms with E-state index in [-0.39, 0.29) is 0 Å². The van der Waals surface area contributed by atoms with Crippen molar-refractivity contribution in [1.82, 2.24) is 0 Å². The quantitative estimate of drug-likeness (QED) is 0.567. The van der Waals surface area contributed by atoms with E-state index in [4.69, 9.17) is 14.7 Å². The number of nitrogens with zero attached hydrogens (tertiary/aromatic N) is 1. The molecule has 3 nitrogen and oxygen atoms in total. The van der Waals surface area contributed by atoms with Crippen molar-refractivity contribution in [3.8, 4) is 11.8 Å². The van der Waals surface area contributed by atoms with Crippen molar-refractivity contribution in [3.05, 3.63) is 23.8 Å². The summed E-state index contributed by atoms with van der Waals surface area (Å²) < 4.78 is 10.4. The summed E-state index contributed by atoms with van der Waals surface area (Å²) in [6.45, 7) is 0.982. The molecule has 0 spiro atoms. The summed E-state index contributed by atoms with van der Waals surface area (Å²) in [5.41, 5.74) is 0.568. The number of methoxy groups -OCH3 is 1. The largest absolute Gasteiger partial charge is 0.489 e. The first-order chi connectivity index (χ1) is 7.33. The maximum atomic E-state index is 8.92. The first-order valence-electron chi connectivity index (χ1n) is 4.52. The highest BCUT2D eigenvalue weighted by Crippen LogP contribution is 2.30. The second-order valence-corrected chi connectivity index (χ2v) is 3.64. The van der Waals surface area contributed by atoms with E-state index in [1.54, 1.807) is 24.9 Å². The molecular formula is C11H13NO2S. The van der Waals surface area contributed by atoms with Crippen LogP contribution in [0, 0.1) is 11.3 Å². The molecule has 0 aliphatic heterocycles. The van der Waals surface area contributed by atoms with Crippen LogP contribution in [0.25, 0.3) is 0 Å². The fourth-order valence-electron chi connectivity index (χ4n) is 1.14. The Hall–Kier alpha value is -1.18. The molecule has 0 amide bonds. The maximum Gasteiger partial charge on any atom is 0.150 e. The van der Waals surface area contributed by atoms with E-state index in [9.17, 15) is 0 Å². The number of benzene rings is 1. The highest BCUT2D eigenvalue weighted by atomic mass is 32.2. The molecule has 0 saturated carbocycles. The first kappa shape index (κ1) is 11.9. The minimum atomic E-state index is 0.461. The number of rotatable bonds is 5. The Morgan fingerprint density at radius 2 is 2.20 bits per heavy atom.